The van der Waals surface area contributed by atoms with E-state index in [0.717, 1.165) is 49.3 Å². The summed E-state index contributed by atoms with van der Waals surface area (Å²) in [4.78, 5) is 23.2. The Morgan fingerprint density at radius 2 is 2.00 bits per heavy atom. The van der Waals surface area contributed by atoms with Gasteiger partial charge in [0, 0.05) is 23.9 Å². The minimum Gasteiger partial charge on any atom is -0.351 e. The second kappa shape index (κ2) is 6.40. The number of halogens is 1. The third-order valence-electron chi connectivity index (χ3n) is 5.49. The Bertz CT molecular complexity index is 1060. The average Bonchev–Trinajstić information content (AvgIpc) is 3.42. The molecule has 1 saturated heterocycles. The fraction of sp³-hybridized carbons (Fsp3) is 0.400. The first-order valence-corrected chi connectivity index (χ1v) is 9.44. The van der Waals surface area contributed by atoms with E-state index in [4.69, 9.17) is 0 Å². The SMILES string of the molecule is O=c1ccc(C2CC2)nn1CC1CCCN1c1ncnc2ccc(F)cc12. The Morgan fingerprint density at radius 3 is 2.85 bits per heavy atom. The summed E-state index contributed by atoms with van der Waals surface area (Å²) in [6.07, 6.45) is 5.77. The van der Waals surface area contributed by atoms with Crippen molar-refractivity contribution in [1.82, 2.24) is 19.7 Å². The van der Waals surface area contributed by atoms with Crippen molar-refractivity contribution in [2.24, 2.45) is 0 Å². The minimum absolute atomic E-state index is 0.0789. The van der Waals surface area contributed by atoms with Crippen molar-refractivity contribution in [2.45, 2.75) is 44.2 Å². The molecule has 1 aliphatic heterocycles. The van der Waals surface area contributed by atoms with E-state index >= 15 is 0 Å². The highest BCUT2D eigenvalue weighted by atomic mass is 19.1. The first-order valence-electron chi connectivity index (χ1n) is 9.44. The molecule has 1 aromatic carbocycles. The molecule has 1 aliphatic carbocycles. The molecule has 2 aromatic heterocycles. The van der Waals surface area contributed by atoms with Gasteiger partial charge in [0.25, 0.3) is 5.56 Å². The maximum atomic E-state index is 13.8. The lowest BCUT2D eigenvalue weighted by atomic mass is 10.2. The van der Waals surface area contributed by atoms with Gasteiger partial charge >= 0.3 is 0 Å². The number of aromatic nitrogens is 4. The molecule has 27 heavy (non-hydrogen) atoms. The molecule has 1 saturated carbocycles. The van der Waals surface area contributed by atoms with Crippen LogP contribution in [-0.4, -0.2) is 32.3 Å². The van der Waals surface area contributed by atoms with Crippen molar-refractivity contribution >= 4 is 16.7 Å². The normalized spacial score (nSPS) is 19.7. The van der Waals surface area contributed by atoms with Crippen LogP contribution in [0.4, 0.5) is 10.2 Å². The van der Waals surface area contributed by atoms with Crippen LogP contribution in [0.25, 0.3) is 10.9 Å². The number of fused-ring (bicyclic) bond motifs is 1. The van der Waals surface area contributed by atoms with Gasteiger partial charge in [0.1, 0.15) is 18.0 Å². The Hall–Kier alpha value is -2.83. The highest BCUT2D eigenvalue weighted by Gasteiger charge is 2.29. The maximum absolute atomic E-state index is 13.8. The summed E-state index contributed by atoms with van der Waals surface area (Å²) in [6, 6.07) is 8.14. The van der Waals surface area contributed by atoms with Gasteiger partial charge in [-0.25, -0.2) is 19.0 Å². The second-order valence-corrected chi connectivity index (χ2v) is 7.40. The van der Waals surface area contributed by atoms with Crippen LogP contribution in [0.3, 0.4) is 0 Å². The monoisotopic (exact) mass is 365 g/mol. The fourth-order valence-electron chi connectivity index (χ4n) is 3.94. The Balaban J connectivity index is 1.49. The molecule has 0 N–H and O–H groups in total. The van der Waals surface area contributed by atoms with Gasteiger partial charge in [-0.3, -0.25) is 4.79 Å². The lowest BCUT2D eigenvalue weighted by molar-refractivity contribution is 0.481. The summed E-state index contributed by atoms with van der Waals surface area (Å²) in [5, 5.41) is 5.29. The fourth-order valence-corrected chi connectivity index (χ4v) is 3.94. The van der Waals surface area contributed by atoms with Gasteiger partial charge in [0.2, 0.25) is 0 Å². The van der Waals surface area contributed by atoms with Crippen LogP contribution in [-0.2, 0) is 6.54 Å². The Kier molecular flexibility index (Phi) is 3.88. The summed E-state index contributed by atoms with van der Waals surface area (Å²) < 4.78 is 15.4. The summed E-state index contributed by atoms with van der Waals surface area (Å²) in [5.74, 6) is 0.933. The third-order valence-corrected chi connectivity index (χ3v) is 5.49. The number of hydrogen-bond acceptors (Lipinski definition) is 5. The van der Waals surface area contributed by atoms with Crippen LogP contribution >= 0.6 is 0 Å². The van der Waals surface area contributed by atoms with Gasteiger partial charge in [-0.2, -0.15) is 5.10 Å². The van der Waals surface area contributed by atoms with Crippen LogP contribution in [0.2, 0.25) is 0 Å². The van der Waals surface area contributed by atoms with Gasteiger partial charge in [-0.15, -0.1) is 0 Å². The second-order valence-electron chi connectivity index (χ2n) is 7.40. The van der Waals surface area contributed by atoms with Crippen molar-refractivity contribution in [3.05, 3.63) is 58.5 Å². The van der Waals surface area contributed by atoms with Gasteiger partial charge in [0.05, 0.1) is 23.8 Å². The van der Waals surface area contributed by atoms with Crippen molar-refractivity contribution in [2.75, 3.05) is 11.4 Å². The molecule has 0 amide bonds. The topological polar surface area (TPSA) is 63.9 Å². The molecule has 2 aliphatic rings. The van der Waals surface area contributed by atoms with E-state index in [1.54, 1.807) is 16.8 Å². The number of anilines is 1. The highest BCUT2D eigenvalue weighted by Crippen LogP contribution is 2.38. The average molecular weight is 365 g/mol. The van der Waals surface area contributed by atoms with E-state index in [2.05, 4.69) is 20.0 Å². The number of rotatable bonds is 4. The van der Waals surface area contributed by atoms with Crippen LogP contribution in [0.15, 0.2) is 41.5 Å². The maximum Gasteiger partial charge on any atom is 0.266 e. The van der Waals surface area contributed by atoms with E-state index in [-0.39, 0.29) is 17.4 Å². The van der Waals surface area contributed by atoms with Crippen molar-refractivity contribution in [3.8, 4) is 0 Å². The lowest BCUT2D eigenvalue weighted by Crippen LogP contribution is -2.37. The zero-order valence-corrected chi connectivity index (χ0v) is 14.9. The molecule has 0 radical (unpaired) electrons. The van der Waals surface area contributed by atoms with E-state index in [1.807, 2.05) is 6.07 Å². The van der Waals surface area contributed by atoms with Crippen molar-refractivity contribution < 1.29 is 4.39 Å². The first kappa shape index (κ1) is 16.4. The smallest absolute Gasteiger partial charge is 0.266 e. The van der Waals surface area contributed by atoms with E-state index in [1.165, 1.54) is 18.5 Å². The van der Waals surface area contributed by atoms with Gasteiger partial charge < -0.3 is 4.90 Å². The van der Waals surface area contributed by atoms with Crippen LogP contribution < -0.4 is 10.5 Å². The predicted molar refractivity (Wildman–Crippen MR) is 100 cm³/mol. The molecule has 7 heteroatoms. The molecule has 0 spiro atoms. The molecule has 1 atom stereocenters. The number of nitrogens with zero attached hydrogens (tertiary/aromatic N) is 5. The molecule has 138 valence electrons. The molecular formula is C20H20FN5O. The summed E-state index contributed by atoms with van der Waals surface area (Å²) >= 11 is 0. The van der Waals surface area contributed by atoms with Crippen LogP contribution in [0, 0.1) is 5.82 Å². The molecular weight excluding hydrogens is 345 g/mol. The number of benzene rings is 1. The molecule has 5 rings (SSSR count). The zero-order valence-electron chi connectivity index (χ0n) is 14.9. The van der Waals surface area contributed by atoms with Crippen LogP contribution in [0.1, 0.15) is 37.3 Å². The van der Waals surface area contributed by atoms with Gasteiger partial charge in [-0.1, -0.05) is 0 Å². The summed E-state index contributed by atoms with van der Waals surface area (Å²) in [6.45, 7) is 1.34. The van der Waals surface area contributed by atoms with Crippen molar-refractivity contribution in [1.29, 1.82) is 0 Å². The summed E-state index contributed by atoms with van der Waals surface area (Å²) in [5.41, 5.74) is 1.65. The molecule has 2 fully saturated rings. The molecule has 3 heterocycles. The standard InChI is InChI=1S/C20H20FN5O/c21-14-5-6-18-16(10-14)20(23-12-22-18)25-9-1-2-15(25)11-26-19(27)8-7-17(24-26)13-3-4-13/h5-8,10,12-13,15H,1-4,9,11H2. The predicted octanol–water partition coefficient (Wildman–Crippen LogP) is 2.87. The summed E-state index contributed by atoms with van der Waals surface area (Å²) in [7, 11) is 0. The minimum atomic E-state index is -0.302. The van der Waals surface area contributed by atoms with Crippen molar-refractivity contribution in [3.63, 3.8) is 0 Å². The molecule has 6 nitrogen and oxygen atoms in total. The van der Waals surface area contributed by atoms with Gasteiger partial charge in [-0.05, 0) is 49.9 Å². The molecule has 0 bridgehead atoms. The van der Waals surface area contributed by atoms with E-state index in [0.29, 0.717) is 17.8 Å². The quantitative estimate of drug-likeness (QED) is 0.711. The zero-order chi connectivity index (χ0) is 18.4. The molecule has 3 aromatic rings. The lowest BCUT2D eigenvalue weighted by Gasteiger charge is -2.27. The highest BCUT2D eigenvalue weighted by molar-refractivity contribution is 5.89. The van der Waals surface area contributed by atoms with E-state index < -0.39 is 0 Å². The van der Waals surface area contributed by atoms with E-state index in [9.17, 15) is 9.18 Å². The molecule has 1 unspecified atom stereocenters. The number of hydrogen-bond donors (Lipinski definition) is 0. The first-order chi connectivity index (χ1) is 13.2. The Labute approximate surface area is 155 Å². The third kappa shape index (κ3) is 3.07. The van der Waals surface area contributed by atoms with Crippen LogP contribution in [0.5, 0.6) is 0 Å². The Morgan fingerprint density at radius 1 is 1.11 bits per heavy atom. The largest absolute Gasteiger partial charge is 0.351 e. The van der Waals surface area contributed by atoms with Gasteiger partial charge in [0.15, 0.2) is 0 Å².